The zero-order valence-corrected chi connectivity index (χ0v) is 19.3. The molecule has 3 N–H and O–H groups in total. The second-order valence-electron chi connectivity index (χ2n) is 8.66. The second-order valence-corrected chi connectivity index (χ2v) is 9.10. The predicted octanol–water partition coefficient (Wildman–Crippen LogP) is 2.69. The van der Waals surface area contributed by atoms with Crippen LogP contribution in [0.5, 0.6) is 0 Å². The summed E-state index contributed by atoms with van der Waals surface area (Å²) in [4.78, 5) is 30.4. The minimum atomic E-state index is -1.03. The molecule has 0 spiro atoms. The predicted molar refractivity (Wildman–Crippen MR) is 128 cm³/mol. The smallest absolute Gasteiger partial charge is 0.280 e. The van der Waals surface area contributed by atoms with Crippen LogP contribution in [0.25, 0.3) is 11.5 Å². The van der Waals surface area contributed by atoms with Gasteiger partial charge >= 0.3 is 0 Å². The number of carbonyl (C=O) groups excluding carboxylic acids is 1. The van der Waals surface area contributed by atoms with Crippen molar-refractivity contribution >= 4 is 40.5 Å². The SMILES string of the molecule is CNc1cc(Nc2cc(Cl)cn(-c3ccn(C4CC4)n3)c2=O)nc2c(C(=O)N[C@H]3C[C@H]3F)cnn12. The average Bonchev–Trinajstić information content (AvgIpc) is 3.70. The first kappa shape index (κ1) is 21.6. The van der Waals surface area contributed by atoms with Crippen LogP contribution in [-0.4, -0.2) is 54.1 Å². The molecule has 0 bridgehead atoms. The van der Waals surface area contributed by atoms with Gasteiger partial charge in [-0.3, -0.25) is 18.8 Å². The zero-order valence-electron chi connectivity index (χ0n) is 18.6. The van der Waals surface area contributed by atoms with Crippen LogP contribution in [0.3, 0.4) is 0 Å². The van der Waals surface area contributed by atoms with Crippen LogP contribution < -0.4 is 21.5 Å². The van der Waals surface area contributed by atoms with Crippen molar-refractivity contribution in [3.8, 4) is 5.82 Å². The molecule has 4 aromatic rings. The number of aromatic nitrogens is 6. The molecule has 2 fully saturated rings. The number of nitrogens with one attached hydrogen (secondary N) is 3. The summed E-state index contributed by atoms with van der Waals surface area (Å²) in [6, 6.07) is 4.80. The van der Waals surface area contributed by atoms with Gasteiger partial charge in [-0.2, -0.15) is 14.7 Å². The zero-order chi connectivity index (χ0) is 24.3. The lowest BCUT2D eigenvalue weighted by Gasteiger charge is -2.12. The summed E-state index contributed by atoms with van der Waals surface area (Å²) < 4.78 is 18.0. The third-order valence-electron chi connectivity index (χ3n) is 6.01. The maximum Gasteiger partial charge on any atom is 0.280 e. The van der Waals surface area contributed by atoms with Gasteiger partial charge in [0.25, 0.3) is 11.5 Å². The molecular weight excluding hydrogens is 477 g/mol. The number of hydrogen-bond acceptors (Lipinski definition) is 7. The number of carbonyl (C=O) groups is 1. The van der Waals surface area contributed by atoms with Crippen LogP contribution >= 0.6 is 11.6 Å². The lowest BCUT2D eigenvalue weighted by Crippen LogP contribution is -2.27. The largest absolute Gasteiger partial charge is 0.373 e. The highest BCUT2D eigenvalue weighted by molar-refractivity contribution is 6.30. The molecule has 0 unspecified atom stereocenters. The number of rotatable bonds is 7. The lowest BCUT2D eigenvalue weighted by molar-refractivity contribution is 0.0949. The Hall–Kier alpha value is -3.93. The highest BCUT2D eigenvalue weighted by Crippen LogP contribution is 2.34. The van der Waals surface area contributed by atoms with Crippen molar-refractivity contribution in [1.82, 2.24) is 34.3 Å². The molecule has 35 heavy (non-hydrogen) atoms. The summed E-state index contributed by atoms with van der Waals surface area (Å²) in [6.45, 7) is 0. The molecular formula is C22H21ClFN9O2. The van der Waals surface area contributed by atoms with Crippen LogP contribution in [0.1, 0.15) is 35.7 Å². The number of fused-ring (bicyclic) bond motifs is 1. The summed E-state index contributed by atoms with van der Waals surface area (Å²) in [6.07, 6.45) is 6.15. The van der Waals surface area contributed by atoms with Gasteiger partial charge in [-0.25, -0.2) is 9.37 Å². The number of nitrogens with zero attached hydrogens (tertiary/aromatic N) is 6. The average molecular weight is 498 g/mol. The Balaban J connectivity index is 1.36. The van der Waals surface area contributed by atoms with Gasteiger partial charge in [0.1, 0.15) is 29.1 Å². The van der Waals surface area contributed by atoms with E-state index in [2.05, 4.69) is 31.1 Å². The molecule has 2 saturated carbocycles. The number of pyridine rings is 1. The van der Waals surface area contributed by atoms with E-state index in [1.165, 1.54) is 27.5 Å². The fourth-order valence-electron chi connectivity index (χ4n) is 3.87. The minimum Gasteiger partial charge on any atom is -0.373 e. The third kappa shape index (κ3) is 3.99. The van der Waals surface area contributed by atoms with Gasteiger partial charge in [0.2, 0.25) is 0 Å². The molecule has 13 heteroatoms. The topological polar surface area (TPSA) is 123 Å². The summed E-state index contributed by atoms with van der Waals surface area (Å²) in [5.41, 5.74) is 0.260. The Morgan fingerprint density at radius 1 is 1.29 bits per heavy atom. The molecule has 2 aliphatic carbocycles. The van der Waals surface area contributed by atoms with Crippen molar-refractivity contribution in [3.63, 3.8) is 0 Å². The van der Waals surface area contributed by atoms with Crippen molar-refractivity contribution in [2.24, 2.45) is 0 Å². The van der Waals surface area contributed by atoms with Crippen LogP contribution in [0.4, 0.5) is 21.7 Å². The van der Waals surface area contributed by atoms with E-state index < -0.39 is 18.1 Å². The van der Waals surface area contributed by atoms with Gasteiger partial charge in [-0.05, 0) is 18.9 Å². The Morgan fingerprint density at radius 2 is 2.09 bits per heavy atom. The Bertz CT molecular complexity index is 1520. The number of halogens is 2. The number of hydrogen-bond donors (Lipinski definition) is 3. The number of anilines is 3. The molecule has 4 heterocycles. The molecule has 180 valence electrons. The van der Waals surface area contributed by atoms with Crippen molar-refractivity contribution < 1.29 is 9.18 Å². The first-order valence-corrected chi connectivity index (χ1v) is 11.6. The molecule has 6 rings (SSSR count). The van der Waals surface area contributed by atoms with Gasteiger partial charge in [-0.15, -0.1) is 0 Å². The maximum atomic E-state index is 13.3. The third-order valence-corrected chi connectivity index (χ3v) is 6.22. The van der Waals surface area contributed by atoms with Crippen LogP contribution in [0.15, 0.2) is 41.6 Å². The molecule has 11 nitrogen and oxygen atoms in total. The molecule has 0 saturated heterocycles. The summed E-state index contributed by atoms with van der Waals surface area (Å²) in [7, 11) is 1.69. The van der Waals surface area contributed by atoms with Crippen LogP contribution in [0, 0.1) is 0 Å². The summed E-state index contributed by atoms with van der Waals surface area (Å²) in [5, 5.41) is 17.7. The lowest BCUT2D eigenvalue weighted by atomic mass is 10.3. The molecule has 0 aliphatic heterocycles. The molecule has 0 radical (unpaired) electrons. The second kappa shape index (κ2) is 8.08. The fourth-order valence-corrected chi connectivity index (χ4v) is 4.08. The van der Waals surface area contributed by atoms with Crippen molar-refractivity contribution in [1.29, 1.82) is 0 Å². The highest BCUT2D eigenvalue weighted by Gasteiger charge is 2.39. The van der Waals surface area contributed by atoms with Crippen molar-refractivity contribution in [2.75, 3.05) is 17.7 Å². The molecule has 1 amide bonds. The number of alkyl halides is 1. The highest BCUT2D eigenvalue weighted by atomic mass is 35.5. The molecule has 4 aromatic heterocycles. The minimum absolute atomic E-state index is 0.182. The van der Waals surface area contributed by atoms with Crippen molar-refractivity contribution in [2.45, 2.75) is 37.5 Å². The van der Waals surface area contributed by atoms with Gasteiger partial charge in [-0.1, -0.05) is 11.6 Å². The molecule has 0 aromatic carbocycles. The molecule has 2 atom stereocenters. The van der Waals surface area contributed by atoms with E-state index in [9.17, 15) is 14.0 Å². The first-order chi connectivity index (χ1) is 16.9. The Kier molecular flexibility index (Phi) is 4.99. The van der Waals surface area contributed by atoms with E-state index in [-0.39, 0.29) is 22.5 Å². The monoisotopic (exact) mass is 497 g/mol. The van der Waals surface area contributed by atoms with Crippen LogP contribution in [0.2, 0.25) is 5.02 Å². The van der Waals surface area contributed by atoms with E-state index in [1.54, 1.807) is 19.2 Å². The normalized spacial score (nSPS) is 19.1. The number of amides is 1. The molecule has 2 aliphatic rings. The van der Waals surface area contributed by atoms with Crippen LogP contribution in [-0.2, 0) is 0 Å². The maximum absolute atomic E-state index is 13.3. The standard InChI is InChI=1S/C22H21ClFN9O2/c1-25-19-8-17(29-20-13(9-26-33(19)20)21(34)28-15-7-14(15)24)27-16-6-11(23)10-31(22(16)35)18-4-5-32(30-18)12-2-3-12/h4-6,8-10,12,14-15,25H,2-3,7H2,1H3,(H,27,29)(H,28,34)/t14-,15+/m1/s1. The van der Waals surface area contributed by atoms with E-state index in [0.717, 1.165) is 12.8 Å². The Morgan fingerprint density at radius 3 is 2.80 bits per heavy atom. The van der Waals surface area contributed by atoms with Gasteiger partial charge in [0.15, 0.2) is 11.5 Å². The quantitative estimate of drug-likeness (QED) is 0.358. The van der Waals surface area contributed by atoms with Crippen molar-refractivity contribution in [3.05, 3.63) is 57.7 Å². The first-order valence-electron chi connectivity index (χ1n) is 11.2. The summed E-state index contributed by atoms with van der Waals surface area (Å²) in [5.74, 6) is 0.818. The van der Waals surface area contributed by atoms with E-state index in [0.29, 0.717) is 34.9 Å². The van der Waals surface area contributed by atoms with E-state index in [4.69, 9.17) is 11.6 Å². The van der Waals surface area contributed by atoms with Gasteiger partial charge in [0, 0.05) is 38.0 Å². The fraction of sp³-hybridized carbons (Fsp3) is 0.318. The van der Waals surface area contributed by atoms with E-state index >= 15 is 0 Å². The Labute approximate surface area is 202 Å². The summed E-state index contributed by atoms with van der Waals surface area (Å²) >= 11 is 6.32. The van der Waals surface area contributed by atoms with Gasteiger partial charge in [0.05, 0.1) is 23.3 Å². The van der Waals surface area contributed by atoms with E-state index in [1.807, 2.05) is 10.9 Å². The van der Waals surface area contributed by atoms with Gasteiger partial charge < -0.3 is 16.0 Å².